The fraction of sp³-hybridized carbons (Fsp3) is 0.588. The highest BCUT2D eigenvalue weighted by atomic mass is 79.9. The Kier molecular flexibility index (Phi) is 5.64. The maximum Gasteiger partial charge on any atom is 0.191 e. The molecular formula is C17H26BrN3O2S. The van der Waals surface area contributed by atoms with E-state index in [1.165, 1.54) is 11.8 Å². The summed E-state index contributed by atoms with van der Waals surface area (Å²) >= 11 is 3.63. The summed E-state index contributed by atoms with van der Waals surface area (Å²) in [5.74, 6) is 0.630. The highest BCUT2D eigenvalue weighted by Gasteiger charge is 2.45. The Labute approximate surface area is 153 Å². The third-order valence-corrected chi connectivity index (χ3v) is 7.65. The van der Waals surface area contributed by atoms with Gasteiger partial charge in [-0.25, -0.2) is 8.42 Å². The van der Waals surface area contributed by atoms with Gasteiger partial charge in [0, 0.05) is 36.3 Å². The summed E-state index contributed by atoms with van der Waals surface area (Å²) in [7, 11) is -1.44. The molecule has 0 spiro atoms. The minimum atomic E-state index is -3.14. The maximum atomic E-state index is 11.8. The van der Waals surface area contributed by atoms with Gasteiger partial charge >= 0.3 is 0 Å². The molecule has 0 bridgehead atoms. The summed E-state index contributed by atoms with van der Waals surface area (Å²) < 4.78 is 23.9. The van der Waals surface area contributed by atoms with Crippen LogP contribution in [0, 0.1) is 0 Å². The number of halogens is 1. The summed E-state index contributed by atoms with van der Waals surface area (Å²) in [6.07, 6.45) is 3.53. The smallest absolute Gasteiger partial charge is 0.191 e. The second-order valence-corrected chi connectivity index (χ2v) is 10.6. The number of aliphatic imine (C=N–C) groups is 1. The average Bonchev–Trinajstić information content (AvgIpc) is 3.27. The molecule has 1 aromatic carbocycles. The van der Waals surface area contributed by atoms with Crippen LogP contribution in [0.25, 0.3) is 0 Å². The molecule has 134 valence electrons. The first-order chi connectivity index (χ1) is 11.1. The Balaban J connectivity index is 1.97. The van der Waals surface area contributed by atoms with Crippen molar-refractivity contribution in [3.63, 3.8) is 0 Å². The van der Waals surface area contributed by atoms with E-state index >= 15 is 0 Å². The van der Waals surface area contributed by atoms with Gasteiger partial charge in [0.05, 0.1) is 4.75 Å². The lowest BCUT2D eigenvalue weighted by atomic mass is 9.96. The minimum Gasteiger partial charge on any atom is -0.356 e. The number of nitrogens with zero attached hydrogens (tertiary/aromatic N) is 1. The molecule has 2 rings (SSSR count). The minimum absolute atomic E-state index is 0.129. The summed E-state index contributed by atoms with van der Waals surface area (Å²) in [6, 6.07) is 8.30. The Hall–Kier alpha value is -1.08. The largest absolute Gasteiger partial charge is 0.356 e. The highest BCUT2D eigenvalue weighted by Crippen LogP contribution is 2.49. The molecular weight excluding hydrogens is 390 g/mol. The number of sulfone groups is 1. The first kappa shape index (κ1) is 19.2. The second kappa shape index (κ2) is 7.04. The van der Waals surface area contributed by atoms with E-state index < -0.39 is 14.6 Å². The van der Waals surface area contributed by atoms with Gasteiger partial charge in [0.2, 0.25) is 0 Å². The molecule has 0 amide bonds. The highest BCUT2D eigenvalue weighted by molar-refractivity contribution is 9.10. The molecule has 0 unspecified atom stereocenters. The molecule has 0 aliphatic heterocycles. The molecule has 0 saturated heterocycles. The molecule has 1 aliphatic carbocycles. The van der Waals surface area contributed by atoms with Crippen molar-refractivity contribution in [2.75, 3.05) is 26.4 Å². The van der Waals surface area contributed by atoms with Gasteiger partial charge in [-0.15, -0.1) is 0 Å². The van der Waals surface area contributed by atoms with Gasteiger partial charge < -0.3 is 10.6 Å². The lowest BCUT2D eigenvalue weighted by Gasteiger charge is -2.25. The van der Waals surface area contributed by atoms with Crippen molar-refractivity contribution in [3.05, 3.63) is 34.3 Å². The number of benzene rings is 1. The first-order valence-corrected chi connectivity index (χ1v) is 10.7. The number of hydrogen-bond acceptors (Lipinski definition) is 3. The summed E-state index contributed by atoms with van der Waals surface area (Å²) in [6.45, 7) is 4.51. The van der Waals surface area contributed by atoms with Gasteiger partial charge in [0.15, 0.2) is 15.8 Å². The van der Waals surface area contributed by atoms with Gasteiger partial charge in [-0.1, -0.05) is 34.1 Å². The molecule has 2 N–H and O–H groups in total. The van der Waals surface area contributed by atoms with E-state index in [-0.39, 0.29) is 5.41 Å². The van der Waals surface area contributed by atoms with Crippen molar-refractivity contribution in [1.82, 2.24) is 10.6 Å². The van der Waals surface area contributed by atoms with Crippen LogP contribution in [0.5, 0.6) is 0 Å². The standard InChI is InChI=1S/C17H26BrN3O2S/c1-16(2,24(4,22)23)11-20-15(19-3)21-12-17(9-10-17)13-7-5-6-8-14(13)18/h5-8H,9-12H2,1-4H3,(H2,19,20,21). The number of guanidine groups is 1. The van der Waals surface area contributed by atoms with Gasteiger partial charge in [0.1, 0.15) is 0 Å². The van der Waals surface area contributed by atoms with Crippen LogP contribution in [-0.4, -0.2) is 45.5 Å². The Morgan fingerprint density at radius 1 is 1.29 bits per heavy atom. The maximum absolute atomic E-state index is 11.8. The van der Waals surface area contributed by atoms with Crippen LogP contribution in [0.15, 0.2) is 33.7 Å². The zero-order valence-corrected chi connectivity index (χ0v) is 17.1. The number of hydrogen-bond donors (Lipinski definition) is 2. The van der Waals surface area contributed by atoms with Gasteiger partial charge in [-0.3, -0.25) is 4.99 Å². The van der Waals surface area contributed by atoms with Crippen molar-refractivity contribution in [2.45, 2.75) is 36.9 Å². The Morgan fingerprint density at radius 2 is 1.92 bits per heavy atom. The Morgan fingerprint density at radius 3 is 2.42 bits per heavy atom. The van der Waals surface area contributed by atoms with Crippen molar-refractivity contribution in [2.24, 2.45) is 4.99 Å². The van der Waals surface area contributed by atoms with Gasteiger partial charge in [0.25, 0.3) is 0 Å². The summed E-state index contributed by atoms with van der Waals surface area (Å²) in [5.41, 5.74) is 1.44. The molecule has 5 nitrogen and oxygen atoms in total. The topological polar surface area (TPSA) is 70.6 Å². The van der Waals surface area contributed by atoms with E-state index in [9.17, 15) is 8.42 Å². The summed E-state index contributed by atoms with van der Waals surface area (Å²) in [5, 5.41) is 6.48. The lowest BCUT2D eigenvalue weighted by molar-refractivity contribution is 0.543. The zero-order valence-electron chi connectivity index (χ0n) is 14.7. The van der Waals surface area contributed by atoms with Crippen LogP contribution in [-0.2, 0) is 15.3 Å². The van der Waals surface area contributed by atoms with Gasteiger partial charge in [-0.2, -0.15) is 0 Å². The van der Waals surface area contributed by atoms with Crippen LogP contribution in [0.2, 0.25) is 0 Å². The molecule has 1 fully saturated rings. The normalized spacial score (nSPS) is 17.5. The first-order valence-electron chi connectivity index (χ1n) is 8.00. The van der Waals surface area contributed by atoms with Crippen LogP contribution in [0.4, 0.5) is 0 Å². The van der Waals surface area contributed by atoms with Crippen LogP contribution in [0.1, 0.15) is 32.3 Å². The van der Waals surface area contributed by atoms with E-state index in [4.69, 9.17) is 0 Å². The van der Waals surface area contributed by atoms with Crippen LogP contribution < -0.4 is 10.6 Å². The number of nitrogens with one attached hydrogen (secondary N) is 2. The molecule has 0 heterocycles. The molecule has 0 atom stereocenters. The fourth-order valence-electron chi connectivity index (χ4n) is 2.48. The summed E-state index contributed by atoms with van der Waals surface area (Å²) in [4.78, 5) is 4.21. The van der Waals surface area contributed by atoms with E-state index in [0.717, 1.165) is 23.9 Å². The van der Waals surface area contributed by atoms with E-state index in [1.807, 2.05) is 6.07 Å². The third-order valence-electron chi connectivity index (χ3n) is 4.80. The molecule has 0 aromatic heterocycles. The van der Waals surface area contributed by atoms with E-state index in [1.54, 1.807) is 20.9 Å². The van der Waals surface area contributed by atoms with Crippen molar-refractivity contribution in [1.29, 1.82) is 0 Å². The van der Waals surface area contributed by atoms with E-state index in [0.29, 0.717) is 12.5 Å². The zero-order chi connectivity index (χ0) is 18.0. The molecule has 1 aromatic rings. The molecule has 1 aliphatic rings. The predicted octanol–water partition coefficient (Wildman–Crippen LogP) is 2.47. The Bertz CT molecular complexity index is 725. The second-order valence-electron chi connectivity index (χ2n) is 7.07. The lowest BCUT2D eigenvalue weighted by Crippen LogP contribution is -2.49. The molecule has 24 heavy (non-hydrogen) atoms. The van der Waals surface area contributed by atoms with Crippen molar-refractivity contribution < 1.29 is 8.42 Å². The quantitative estimate of drug-likeness (QED) is 0.552. The number of rotatable bonds is 6. The monoisotopic (exact) mass is 415 g/mol. The van der Waals surface area contributed by atoms with Crippen molar-refractivity contribution in [3.8, 4) is 0 Å². The average molecular weight is 416 g/mol. The van der Waals surface area contributed by atoms with Crippen LogP contribution in [0.3, 0.4) is 0 Å². The predicted molar refractivity (Wildman–Crippen MR) is 103 cm³/mol. The van der Waals surface area contributed by atoms with E-state index in [2.05, 4.69) is 49.8 Å². The molecule has 1 saturated carbocycles. The fourth-order valence-corrected chi connectivity index (χ4v) is 3.52. The molecule has 0 radical (unpaired) electrons. The SMILES string of the molecule is CN=C(NCC1(c2ccccc2Br)CC1)NCC(C)(C)S(C)(=O)=O. The van der Waals surface area contributed by atoms with Gasteiger partial charge in [-0.05, 0) is 38.3 Å². The van der Waals surface area contributed by atoms with Crippen LogP contribution >= 0.6 is 15.9 Å². The molecule has 7 heteroatoms. The third kappa shape index (κ3) is 4.30. The van der Waals surface area contributed by atoms with Crippen molar-refractivity contribution >= 4 is 31.7 Å².